The predicted molar refractivity (Wildman–Crippen MR) is 93.1 cm³/mol. The summed E-state index contributed by atoms with van der Waals surface area (Å²) in [6.45, 7) is 0.874. The topological polar surface area (TPSA) is 33.5 Å². The zero-order valence-electron chi connectivity index (χ0n) is 12.0. The molecule has 3 nitrogen and oxygen atoms in total. The number of hydrogen-bond donors (Lipinski definition) is 0. The summed E-state index contributed by atoms with van der Waals surface area (Å²) in [5.74, 6) is 0.582. The molecule has 0 aliphatic rings. The third-order valence-corrected chi connectivity index (χ3v) is 4.45. The minimum atomic E-state index is -0.142. The largest absolute Gasteiger partial charge is 0.467 e. The van der Waals surface area contributed by atoms with Crippen molar-refractivity contribution in [2.75, 3.05) is 0 Å². The highest BCUT2D eigenvalue weighted by atomic mass is 35.5. The Hall–Kier alpha value is -1.75. The molecule has 118 valence electrons. The van der Waals surface area contributed by atoms with Crippen LogP contribution in [-0.4, -0.2) is 10.8 Å². The van der Waals surface area contributed by atoms with E-state index in [9.17, 15) is 4.79 Å². The summed E-state index contributed by atoms with van der Waals surface area (Å²) in [6.07, 6.45) is 1.60. The predicted octanol–water partition coefficient (Wildman–Crippen LogP) is 5.49. The first kappa shape index (κ1) is 16.1. The molecule has 0 saturated heterocycles. The van der Waals surface area contributed by atoms with Crippen molar-refractivity contribution in [1.82, 2.24) is 4.90 Å². The third kappa shape index (κ3) is 4.16. The summed E-state index contributed by atoms with van der Waals surface area (Å²) in [4.78, 5) is 14.6. The van der Waals surface area contributed by atoms with Crippen LogP contribution in [-0.2, 0) is 13.1 Å². The maximum Gasteiger partial charge on any atom is 0.254 e. The molecule has 6 heteroatoms. The molecule has 0 radical (unpaired) electrons. The number of benzene rings is 1. The molecule has 1 aromatic carbocycles. The highest BCUT2D eigenvalue weighted by Crippen LogP contribution is 2.22. The number of hydrogen-bond acceptors (Lipinski definition) is 3. The minimum Gasteiger partial charge on any atom is -0.467 e. The molecule has 0 spiro atoms. The number of nitrogens with zero attached hydrogens (tertiary/aromatic N) is 1. The molecule has 3 rings (SSSR count). The maximum atomic E-state index is 12.9. The molecule has 23 heavy (non-hydrogen) atoms. The minimum absolute atomic E-state index is 0.142. The van der Waals surface area contributed by atoms with Gasteiger partial charge in [0.2, 0.25) is 0 Å². The van der Waals surface area contributed by atoms with Crippen molar-refractivity contribution >= 4 is 40.4 Å². The Morgan fingerprint density at radius 2 is 1.91 bits per heavy atom. The van der Waals surface area contributed by atoms with Gasteiger partial charge in [0.05, 0.1) is 12.8 Å². The molecule has 0 N–H and O–H groups in total. The summed E-state index contributed by atoms with van der Waals surface area (Å²) in [5.41, 5.74) is 1.53. The molecular weight excluding hydrogens is 353 g/mol. The number of halogens is 2. The highest BCUT2D eigenvalue weighted by molar-refractivity contribution is 7.07. The molecule has 0 saturated carbocycles. The fraction of sp³-hybridized carbons (Fsp3) is 0.118. The number of thiophene rings is 1. The number of rotatable bonds is 5. The number of furan rings is 1. The molecular formula is C17H13Cl2NO2S. The van der Waals surface area contributed by atoms with Gasteiger partial charge in [-0.15, -0.1) is 0 Å². The van der Waals surface area contributed by atoms with Crippen molar-refractivity contribution in [3.05, 3.63) is 80.4 Å². The second-order valence-electron chi connectivity index (χ2n) is 5.03. The van der Waals surface area contributed by atoms with E-state index in [1.165, 1.54) is 0 Å². The van der Waals surface area contributed by atoms with Crippen LogP contribution in [0.1, 0.15) is 21.7 Å². The summed E-state index contributed by atoms with van der Waals surface area (Å²) < 4.78 is 5.37. The van der Waals surface area contributed by atoms with Gasteiger partial charge in [0.1, 0.15) is 5.76 Å². The maximum absolute atomic E-state index is 12.9. The van der Waals surface area contributed by atoms with E-state index in [0.29, 0.717) is 28.7 Å². The smallest absolute Gasteiger partial charge is 0.254 e. The Labute approximate surface area is 148 Å². The van der Waals surface area contributed by atoms with Gasteiger partial charge in [0.25, 0.3) is 5.91 Å². The fourth-order valence-corrected chi connectivity index (χ4v) is 3.44. The van der Waals surface area contributed by atoms with Gasteiger partial charge in [-0.3, -0.25) is 4.79 Å². The molecule has 2 aromatic heterocycles. The van der Waals surface area contributed by atoms with E-state index in [0.717, 1.165) is 11.3 Å². The van der Waals surface area contributed by atoms with Crippen LogP contribution >= 0.6 is 34.5 Å². The van der Waals surface area contributed by atoms with Gasteiger partial charge in [0, 0.05) is 22.2 Å². The van der Waals surface area contributed by atoms with E-state index in [2.05, 4.69) is 0 Å². The van der Waals surface area contributed by atoms with E-state index >= 15 is 0 Å². The molecule has 3 aromatic rings. The van der Waals surface area contributed by atoms with Crippen molar-refractivity contribution in [2.24, 2.45) is 0 Å². The van der Waals surface area contributed by atoms with Crippen molar-refractivity contribution in [2.45, 2.75) is 13.1 Å². The fourth-order valence-electron chi connectivity index (χ4n) is 2.25. The summed E-state index contributed by atoms with van der Waals surface area (Å²) in [5, 5.41) is 4.89. The van der Waals surface area contributed by atoms with Crippen LogP contribution in [0.15, 0.2) is 57.8 Å². The van der Waals surface area contributed by atoms with E-state index in [1.807, 2.05) is 22.9 Å². The molecule has 0 bridgehead atoms. The summed E-state index contributed by atoms with van der Waals surface area (Å²) in [6, 6.07) is 10.5. The van der Waals surface area contributed by atoms with Crippen molar-refractivity contribution in [3.8, 4) is 0 Å². The van der Waals surface area contributed by atoms with E-state index in [4.69, 9.17) is 27.6 Å². The lowest BCUT2D eigenvalue weighted by molar-refractivity contribution is 0.0718. The molecule has 1 amide bonds. The van der Waals surface area contributed by atoms with Gasteiger partial charge in [-0.1, -0.05) is 23.2 Å². The van der Waals surface area contributed by atoms with Crippen LogP contribution in [0.2, 0.25) is 10.0 Å². The lowest BCUT2D eigenvalue weighted by Crippen LogP contribution is -2.29. The first-order valence-electron chi connectivity index (χ1n) is 6.90. The van der Waals surface area contributed by atoms with Gasteiger partial charge < -0.3 is 9.32 Å². The van der Waals surface area contributed by atoms with E-state index in [1.54, 1.807) is 46.8 Å². The average molecular weight is 366 g/mol. The Morgan fingerprint density at radius 3 is 2.52 bits per heavy atom. The van der Waals surface area contributed by atoms with Crippen LogP contribution in [0.4, 0.5) is 0 Å². The van der Waals surface area contributed by atoms with Gasteiger partial charge >= 0.3 is 0 Å². The SMILES string of the molecule is O=C(c1cc(Cl)cc(Cl)c1)N(Cc1ccsc1)Cc1ccco1. The number of carbonyl (C=O) groups excluding carboxylic acids is 1. The zero-order valence-corrected chi connectivity index (χ0v) is 14.4. The molecule has 0 fully saturated rings. The van der Waals surface area contributed by atoms with Crippen molar-refractivity contribution in [1.29, 1.82) is 0 Å². The second-order valence-corrected chi connectivity index (χ2v) is 6.68. The van der Waals surface area contributed by atoms with Gasteiger partial charge in [-0.05, 0) is 52.7 Å². The molecule has 0 atom stereocenters. The highest BCUT2D eigenvalue weighted by Gasteiger charge is 2.19. The average Bonchev–Trinajstić information content (AvgIpc) is 3.18. The summed E-state index contributed by atoms with van der Waals surface area (Å²) in [7, 11) is 0. The first-order valence-corrected chi connectivity index (χ1v) is 8.60. The van der Waals surface area contributed by atoms with Gasteiger partial charge in [0.15, 0.2) is 0 Å². The van der Waals surface area contributed by atoms with Crippen LogP contribution in [0.25, 0.3) is 0 Å². The molecule has 0 aliphatic carbocycles. The van der Waals surface area contributed by atoms with Gasteiger partial charge in [-0.25, -0.2) is 0 Å². The van der Waals surface area contributed by atoms with Crippen molar-refractivity contribution in [3.63, 3.8) is 0 Å². The quantitative estimate of drug-likeness (QED) is 0.598. The van der Waals surface area contributed by atoms with Gasteiger partial charge in [-0.2, -0.15) is 11.3 Å². The Bertz CT molecular complexity index is 729. The standard InChI is InChI=1S/C17H13Cl2NO2S/c18-14-6-13(7-15(19)8-14)17(21)20(9-12-3-5-23-11-12)10-16-2-1-4-22-16/h1-8,11H,9-10H2. The summed E-state index contributed by atoms with van der Waals surface area (Å²) >= 11 is 13.6. The second kappa shape index (κ2) is 7.21. The number of carbonyl (C=O) groups is 1. The Balaban J connectivity index is 1.88. The first-order chi connectivity index (χ1) is 11.1. The monoisotopic (exact) mass is 365 g/mol. The van der Waals surface area contributed by atoms with Crippen LogP contribution in [0, 0.1) is 0 Å². The lowest BCUT2D eigenvalue weighted by Gasteiger charge is -2.21. The zero-order chi connectivity index (χ0) is 16.2. The third-order valence-electron chi connectivity index (χ3n) is 3.28. The van der Waals surface area contributed by atoms with Crippen molar-refractivity contribution < 1.29 is 9.21 Å². The van der Waals surface area contributed by atoms with Crippen LogP contribution in [0.3, 0.4) is 0 Å². The lowest BCUT2D eigenvalue weighted by atomic mass is 10.1. The van der Waals surface area contributed by atoms with Crippen LogP contribution < -0.4 is 0 Å². The molecule has 2 heterocycles. The Kier molecular flexibility index (Phi) is 5.06. The normalized spacial score (nSPS) is 10.7. The number of amides is 1. The Morgan fingerprint density at radius 1 is 1.13 bits per heavy atom. The molecule has 0 unspecified atom stereocenters. The van der Waals surface area contributed by atoms with E-state index in [-0.39, 0.29) is 5.91 Å². The van der Waals surface area contributed by atoms with Crippen LogP contribution in [0.5, 0.6) is 0 Å². The molecule has 0 aliphatic heterocycles. The van der Waals surface area contributed by atoms with E-state index < -0.39 is 0 Å².